The summed E-state index contributed by atoms with van der Waals surface area (Å²) in [5.74, 6) is 0.907. The van der Waals surface area contributed by atoms with Crippen LogP contribution in [0.5, 0.6) is 0 Å². The third kappa shape index (κ3) is 1.10. The van der Waals surface area contributed by atoms with Gasteiger partial charge < -0.3 is 5.73 Å². The highest BCUT2D eigenvalue weighted by Crippen LogP contribution is 2.55. The van der Waals surface area contributed by atoms with Gasteiger partial charge in [-0.15, -0.1) is 0 Å². The summed E-state index contributed by atoms with van der Waals surface area (Å²) in [6.07, 6.45) is 8.24. The Labute approximate surface area is 75.7 Å². The third-order valence-electron chi connectivity index (χ3n) is 4.45. The van der Waals surface area contributed by atoms with Crippen molar-refractivity contribution in [3.05, 3.63) is 0 Å². The molecule has 1 nitrogen and oxygen atoms in total. The van der Waals surface area contributed by atoms with E-state index in [-0.39, 0.29) is 5.54 Å². The Morgan fingerprint density at radius 2 is 1.67 bits per heavy atom. The highest BCUT2D eigenvalue weighted by atomic mass is 14.9. The summed E-state index contributed by atoms with van der Waals surface area (Å²) in [5.41, 5.74) is 6.92. The van der Waals surface area contributed by atoms with Crippen LogP contribution in [0, 0.1) is 11.3 Å². The Bertz CT molecular complexity index is 173. The van der Waals surface area contributed by atoms with Gasteiger partial charge >= 0.3 is 0 Å². The van der Waals surface area contributed by atoms with Crippen molar-refractivity contribution in [1.82, 2.24) is 0 Å². The minimum atomic E-state index is 0.210. The molecule has 2 N–H and O–H groups in total. The largest absolute Gasteiger partial charge is 0.325 e. The molecule has 0 radical (unpaired) electrons. The van der Waals surface area contributed by atoms with E-state index in [1.807, 2.05) is 0 Å². The Morgan fingerprint density at radius 3 is 2.08 bits per heavy atom. The molecule has 0 atom stereocenters. The smallest absolute Gasteiger partial charge is 0.0210 e. The highest BCUT2D eigenvalue weighted by Gasteiger charge is 2.54. The van der Waals surface area contributed by atoms with Crippen LogP contribution in [0.15, 0.2) is 0 Å². The van der Waals surface area contributed by atoms with E-state index in [2.05, 4.69) is 13.8 Å². The minimum absolute atomic E-state index is 0.210. The molecule has 2 rings (SSSR count). The van der Waals surface area contributed by atoms with Gasteiger partial charge in [-0.2, -0.15) is 0 Å². The van der Waals surface area contributed by atoms with E-state index in [4.69, 9.17) is 5.73 Å². The normalized spacial score (nSPS) is 29.2. The van der Waals surface area contributed by atoms with E-state index < -0.39 is 0 Å². The van der Waals surface area contributed by atoms with Crippen LogP contribution in [0.4, 0.5) is 0 Å². The Hall–Kier alpha value is -0.0400. The van der Waals surface area contributed by atoms with Crippen molar-refractivity contribution < 1.29 is 0 Å². The topological polar surface area (TPSA) is 26.0 Å². The molecule has 1 heteroatoms. The van der Waals surface area contributed by atoms with Crippen LogP contribution in [-0.2, 0) is 0 Å². The van der Waals surface area contributed by atoms with E-state index >= 15 is 0 Å². The van der Waals surface area contributed by atoms with Crippen LogP contribution in [0.3, 0.4) is 0 Å². The number of nitrogens with two attached hydrogens (primary N) is 1. The molecule has 0 spiro atoms. The molecule has 2 fully saturated rings. The summed E-state index contributed by atoms with van der Waals surface area (Å²) in [5, 5.41) is 0. The SMILES string of the molecule is CC(C)(C1CCCC1)C1(N)CC1. The molecule has 0 bridgehead atoms. The highest BCUT2D eigenvalue weighted by molar-refractivity contribution is 5.11. The van der Waals surface area contributed by atoms with Crippen molar-refractivity contribution >= 4 is 0 Å². The molecule has 2 aliphatic carbocycles. The zero-order valence-electron chi connectivity index (χ0n) is 8.40. The van der Waals surface area contributed by atoms with Crippen LogP contribution < -0.4 is 5.73 Å². The van der Waals surface area contributed by atoms with Gasteiger partial charge in [0.15, 0.2) is 0 Å². The molecule has 0 unspecified atom stereocenters. The fourth-order valence-electron chi connectivity index (χ4n) is 2.83. The van der Waals surface area contributed by atoms with Gasteiger partial charge in [0.25, 0.3) is 0 Å². The van der Waals surface area contributed by atoms with Crippen molar-refractivity contribution in [2.75, 3.05) is 0 Å². The van der Waals surface area contributed by atoms with Crippen molar-refractivity contribution in [1.29, 1.82) is 0 Å². The molecule has 2 aliphatic rings. The molecular weight excluding hydrogens is 146 g/mol. The lowest BCUT2D eigenvalue weighted by Gasteiger charge is -2.38. The first-order chi connectivity index (χ1) is 5.56. The molecule has 0 aromatic rings. The van der Waals surface area contributed by atoms with Gasteiger partial charge in [-0.25, -0.2) is 0 Å². The van der Waals surface area contributed by atoms with E-state index in [9.17, 15) is 0 Å². The van der Waals surface area contributed by atoms with Gasteiger partial charge in [0.2, 0.25) is 0 Å². The maximum Gasteiger partial charge on any atom is 0.0210 e. The molecule has 0 saturated heterocycles. The minimum Gasteiger partial charge on any atom is -0.325 e. The van der Waals surface area contributed by atoms with Crippen molar-refractivity contribution in [3.63, 3.8) is 0 Å². The Morgan fingerprint density at radius 1 is 1.17 bits per heavy atom. The average molecular weight is 167 g/mol. The lowest BCUT2D eigenvalue weighted by molar-refractivity contribution is 0.154. The average Bonchev–Trinajstić information content (AvgIpc) is 2.59. The molecule has 70 valence electrons. The van der Waals surface area contributed by atoms with Crippen LogP contribution >= 0.6 is 0 Å². The maximum atomic E-state index is 6.30. The zero-order valence-corrected chi connectivity index (χ0v) is 8.40. The quantitative estimate of drug-likeness (QED) is 0.672. The molecule has 0 heterocycles. The summed E-state index contributed by atoms with van der Waals surface area (Å²) in [4.78, 5) is 0. The van der Waals surface area contributed by atoms with Gasteiger partial charge in [0.1, 0.15) is 0 Å². The van der Waals surface area contributed by atoms with Gasteiger partial charge in [0.05, 0.1) is 0 Å². The molecular formula is C11H21N. The number of rotatable bonds is 2. The molecule has 2 saturated carbocycles. The number of hydrogen-bond donors (Lipinski definition) is 1. The lowest BCUT2D eigenvalue weighted by atomic mass is 9.70. The van der Waals surface area contributed by atoms with Crippen LogP contribution in [-0.4, -0.2) is 5.54 Å². The van der Waals surface area contributed by atoms with E-state index in [0.29, 0.717) is 5.41 Å². The van der Waals surface area contributed by atoms with E-state index in [0.717, 1.165) is 5.92 Å². The summed E-state index contributed by atoms with van der Waals surface area (Å²) in [6.45, 7) is 4.77. The van der Waals surface area contributed by atoms with Crippen molar-refractivity contribution in [2.45, 2.75) is 57.9 Å². The zero-order chi connectivity index (χ0) is 8.82. The van der Waals surface area contributed by atoms with E-state index in [1.54, 1.807) is 0 Å². The van der Waals surface area contributed by atoms with Crippen molar-refractivity contribution in [3.8, 4) is 0 Å². The van der Waals surface area contributed by atoms with Gasteiger partial charge in [-0.3, -0.25) is 0 Å². The standard InChI is InChI=1S/C11H21N/c1-10(2,11(12)7-8-11)9-5-3-4-6-9/h9H,3-8,12H2,1-2H3. The first-order valence-electron chi connectivity index (χ1n) is 5.35. The Balaban J connectivity index is 2.08. The molecule has 0 amide bonds. The van der Waals surface area contributed by atoms with E-state index in [1.165, 1.54) is 38.5 Å². The summed E-state index contributed by atoms with van der Waals surface area (Å²) in [7, 11) is 0. The fraction of sp³-hybridized carbons (Fsp3) is 1.00. The van der Waals surface area contributed by atoms with Crippen LogP contribution in [0.2, 0.25) is 0 Å². The van der Waals surface area contributed by atoms with Gasteiger partial charge in [-0.1, -0.05) is 26.7 Å². The fourth-order valence-corrected chi connectivity index (χ4v) is 2.83. The summed E-state index contributed by atoms with van der Waals surface area (Å²) >= 11 is 0. The first-order valence-corrected chi connectivity index (χ1v) is 5.35. The maximum absolute atomic E-state index is 6.30. The summed E-state index contributed by atoms with van der Waals surface area (Å²) in [6, 6.07) is 0. The van der Waals surface area contributed by atoms with Crippen LogP contribution in [0.25, 0.3) is 0 Å². The van der Waals surface area contributed by atoms with Crippen LogP contribution in [0.1, 0.15) is 52.4 Å². The molecule has 0 aliphatic heterocycles. The summed E-state index contributed by atoms with van der Waals surface area (Å²) < 4.78 is 0. The first kappa shape index (κ1) is 8.55. The molecule has 12 heavy (non-hydrogen) atoms. The second-order valence-electron chi connectivity index (χ2n) is 5.36. The second-order valence-corrected chi connectivity index (χ2v) is 5.36. The van der Waals surface area contributed by atoms with Gasteiger partial charge in [-0.05, 0) is 37.0 Å². The predicted molar refractivity (Wildman–Crippen MR) is 51.9 cm³/mol. The lowest BCUT2D eigenvalue weighted by Crippen LogP contribution is -2.44. The third-order valence-corrected chi connectivity index (χ3v) is 4.45. The monoisotopic (exact) mass is 167 g/mol. The Kier molecular flexibility index (Phi) is 1.76. The number of hydrogen-bond acceptors (Lipinski definition) is 1. The van der Waals surface area contributed by atoms with Crippen molar-refractivity contribution in [2.24, 2.45) is 17.1 Å². The molecule has 0 aromatic heterocycles. The van der Waals surface area contributed by atoms with Gasteiger partial charge in [0, 0.05) is 5.54 Å². The predicted octanol–water partition coefficient (Wildman–Crippen LogP) is 2.69. The second kappa shape index (κ2) is 2.47. The molecule has 0 aromatic carbocycles.